The molecule has 0 saturated carbocycles. The molecule has 0 spiro atoms. The molecule has 110 valence electrons. The van der Waals surface area contributed by atoms with E-state index >= 15 is 0 Å². The smallest absolute Gasteiger partial charge is 0.319 e. The number of likely N-dealkylation sites (tertiary alicyclic amines) is 1. The van der Waals surface area contributed by atoms with Gasteiger partial charge in [-0.2, -0.15) is 0 Å². The summed E-state index contributed by atoms with van der Waals surface area (Å²) in [4.78, 5) is 14.2. The number of amides is 2. The van der Waals surface area contributed by atoms with Crippen LogP contribution in [0.1, 0.15) is 31.2 Å². The normalized spacial score (nSPS) is 15.2. The van der Waals surface area contributed by atoms with Crippen molar-refractivity contribution in [1.29, 1.82) is 0 Å². The van der Waals surface area contributed by atoms with Gasteiger partial charge in [0.2, 0.25) is 0 Å². The summed E-state index contributed by atoms with van der Waals surface area (Å²) in [6.07, 6.45) is 4.89. The number of carbonyl (C=O) groups is 1. The third kappa shape index (κ3) is 5.21. The van der Waals surface area contributed by atoms with Crippen LogP contribution in [0.3, 0.4) is 0 Å². The largest absolute Gasteiger partial charge is 0.338 e. The lowest BCUT2D eigenvalue weighted by Crippen LogP contribution is -2.30. The lowest BCUT2D eigenvalue weighted by Gasteiger charge is -2.14. The fourth-order valence-electron chi connectivity index (χ4n) is 2.48. The van der Waals surface area contributed by atoms with Crippen molar-refractivity contribution in [2.45, 2.75) is 32.6 Å². The van der Waals surface area contributed by atoms with E-state index in [1.807, 2.05) is 31.2 Å². The molecule has 4 heteroatoms. The van der Waals surface area contributed by atoms with Gasteiger partial charge in [-0.25, -0.2) is 4.79 Å². The predicted octanol–water partition coefficient (Wildman–Crippen LogP) is 2.99. The van der Waals surface area contributed by atoms with Crippen LogP contribution >= 0.6 is 0 Å². The Morgan fingerprint density at radius 1 is 1.15 bits per heavy atom. The highest BCUT2D eigenvalue weighted by Crippen LogP contribution is 2.09. The van der Waals surface area contributed by atoms with E-state index in [1.165, 1.54) is 38.0 Å². The Labute approximate surface area is 121 Å². The number of nitrogens with zero attached hydrogens (tertiary/aromatic N) is 1. The number of unbranched alkanes of at least 4 members (excludes halogenated alkanes) is 1. The second-order valence-electron chi connectivity index (χ2n) is 5.50. The Morgan fingerprint density at radius 3 is 2.55 bits per heavy atom. The van der Waals surface area contributed by atoms with Gasteiger partial charge in [0.05, 0.1) is 0 Å². The van der Waals surface area contributed by atoms with Crippen LogP contribution < -0.4 is 10.6 Å². The van der Waals surface area contributed by atoms with Crippen LogP contribution in [0.5, 0.6) is 0 Å². The van der Waals surface area contributed by atoms with Gasteiger partial charge in [0.25, 0.3) is 0 Å². The highest BCUT2D eigenvalue weighted by atomic mass is 16.2. The molecule has 1 fully saturated rings. The first-order valence-corrected chi connectivity index (χ1v) is 7.58. The van der Waals surface area contributed by atoms with Gasteiger partial charge in [-0.05, 0) is 64.4 Å². The topological polar surface area (TPSA) is 44.4 Å². The van der Waals surface area contributed by atoms with Gasteiger partial charge in [-0.3, -0.25) is 0 Å². The highest BCUT2D eigenvalue weighted by molar-refractivity contribution is 5.89. The molecular weight excluding hydrogens is 250 g/mol. The van der Waals surface area contributed by atoms with Crippen molar-refractivity contribution in [3.8, 4) is 0 Å². The van der Waals surface area contributed by atoms with Crippen LogP contribution in [0.25, 0.3) is 0 Å². The van der Waals surface area contributed by atoms with E-state index in [1.54, 1.807) is 0 Å². The van der Waals surface area contributed by atoms with E-state index in [0.717, 1.165) is 25.1 Å². The lowest BCUT2D eigenvalue weighted by atomic mass is 10.2. The molecule has 0 aromatic heterocycles. The summed E-state index contributed by atoms with van der Waals surface area (Å²) < 4.78 is 0. The molecule has 0 aliphatic carbocycles. The Morgan fingerprint density at radius 2 is 1.85 bits per heavy atom. The lowest BCUT2D eigenvalue weighted by molar-refractivity contribution is 0.251. The molecule has 2 amide bonds. The van der Waals surface area contributed by atoms with Crippen LogP contribution in [-0.2, 0) is 0 Å². The zero-order valence-electron chi connectivity index (χ0n) is 12.3. The highest BCUT2D eigenvalue weighted by Gasteiger charge is 2.10. The van der Waals surface area contributed by atoms with E-state index in [-0.39, 0.29) is 6.03 Å². The van der Waals surface area contributed by atoms with Crippen molar-refractivity contribution < 1.29 is 4.79 Å². The monoisotopic (exact) mass is 275 g/mol. The summed E-state index contributed by atoms with van der Waals surface area (Å²) in [7, 11) is 0. The van der Waals surface area contributed by atoms with Gasteiger partial charge in [-0.15, -0.1) is 0 Å². The number of hydrogen-bond donors (Lipinski definition) is 2. The number of hydrogen-bond acceptors (Lipinski definition) is 2. The first-order chi connectivity index (χ1) is 9.74. The molecule has 0 unspecified atom stereocenters. The number of benzene rings is 1. The second-order valence-corrected chi connectivity index (χ2v) is 5.50. The molecule has 4 nitrogen and oxygen atoms in total. The molecule has 2 rings (SSSR count). The van der Waals surface area contributed by atoms with Crippen molar-refractivity contribution in [3.63, 3.8) is 0 Å². The van der Waals surface area contributed by atoms with Crippen molar-refractivity contribution in [2.24, 2.45) is 0 Å². The van der Waals surface area contributed by atoms with Crippen LogP contribution in [0, 0.1) is 6.92 Å². The van der Waals surface area contributed by atoms with Crippen molar-refractivity contribution in [3.05, 3.63) is 29.8 Å². The van der Waals surface area contributed by atoms with E-state index in [4.69, 9.17) is 0 Å². The SMILES string of the molecule is Cc1ccc(NC(=O)NCCCCN2CCCC2)cc1. The maximum Gasteiger partial charge on any atom is 0.319 e. The Kier molecular flexibility index (Phi) is 5.87. The summed E-state index contributed by atoms with van der Waals surface area (Å²) in [5.41, 5.74) is 2.03. The van der Waals surface area contributed by atoms with Gasteiger partial charge in [-0.1, -0.05) is 17.7 Å². The van der Waals surface area contributed by atoms with Gasteiger partial charge >= 0.3 is 6.03 Å². The Hall–Kier alpha value is -1.55. The van der Waals surface area contributed by atoms with Crippen LogP contribution in [0.15, 0.2) is 24.3 Å². The summed E-state index contributed by atoms with van der Waals surface area (Å²) in [6.45, 7) is 6.44. The Balaban J connectivity index is 1.54. The molecule has 20 heavy (non-hydrogen) atoms. The molecule has 1 aromatic carbocycles. The molecule has 1 aliphatic heterocycles. The van der Waals surface area contributed by atoms with Gasteiger partial charge in [0.15, 0.2) is 0 Å². The summed E-state index contributed by atoms with van der Waals surface area (Å²) in [5, 5.41) is 5.74. The molecule has 1 aliphatic rings. The zero-order chi connectivity index (χ0) is 14.2. The van der Waals surface area contributed by atoms with Crippen molar-refractivity contribution >= 4 is 11.7 Å². The fraction of sp³-hybridized carbons (Fsp3) is 0.562. The summed E-state index contributed by atoms with van der Waals surface area (Å²) in [5.74, 6) is 0. The number of nitrogens with one attached hydrogen (secondary N) is 2. The quantitative estimate of drug-likeness (QED) is 0.784. The molecule has 1 saturated heterocycles. The van der Waals surface area contributed by atoms with E-state index in [0.29, 0.717) is 0 Å². The van der Waals surface area contributed by atoms with Gasteiger partial charge in [0, 0.05) is 12.2 Å². The van der Waals surface area contributed by atoms with E-state index < -0.39 is 0 Å². The standard InChI is InChI=1S/C16H25N3O/c1-14-6-8-15(9-7-14)18-16(20)17-10-2-3-11-19-12-4-5-13-19/h6-9H,2-5,10-13H2,1H3,(H2,17,18,20). The first-order valence-electron chi connectivity index (χ1n) is 7.58. The van der Waals surface area contributed by atoms with Crippen LogP contribution in [-0.4, -0.2) is 37.1 Å². The number of urea groups is 1. The van der Waals surface area contributed by atoms with Crippen LogP contribution in [0.4, 0.5) is 10.5 Å². The molecule has 2 N–H and O–H groups in total. The van der Waals surface area contributed by atoms with Gasteiger partial charge < -0.3 is 15.5 Å². The summed E-state index contributed by atoms with van der Waals surface area (Å²) >= 11 is 0. The zero-order valence-corrected chi connectivity index (χ0v) is 12.3. The molecule has 1 heterocycles. The molecule has 0 atom stereocenters. The molecule has 1 aromatic rings. The van der Waals surface area contributed by atoms with E-state index in [2.05, 4.69) is 15.5 Å². The maximum absolute atomic E-state index is 11.7. The average Bonchev–Trinajstić information content (AvgIpc) is 2.94. The van der Waals surface area contributed by atoms with Crippen molar-refractivity contribution in [1.82, 2.24) is 10.2 Å². The van der Waals surface area contributed by atoms with Crippen LogP contribution in [0.2, 0.25) is 0 Å². The third-order valence-electron chi connectivity index (χ3n) is 3.69. The molecular formula is C16H25N3O. The minimum absolute atomic E-state index is 0.116. The maximum atomic E-state index is 11.7. The fourth-order valence-corrected chi connectivity index (χ4v) is 2.48. The van der Waals surface area contributed by atoms with E-state index in [9.17, 15) is 4.79 Å². The predicted molar refractivity (Wildman–Crippen MR) is 83.1 cm³/mol. The second kappa shape index (κ2) is 7.90. The minimum Gasteiger partial charge on any atom is -0.338 e. The number of aryl methyl sites for hydroxylation is 1. The number of carbonyl (C=O) groups excluding carboxylic acids is 1. The average molecular weight is 275 g/mol. The number of rotatable bonds is 6. The third-order valence-corrected chi connectivity index (χ3v) is 3.69. The van der Waals surface area contributed by atoms with Gasteiger partial charge in [0.1, 0.15) is 0 Å². The molecule has 0 radical (unpaired) electrons. The summed E-state index contributed by atoms with van der Waals surface area (Å²) in [6, 6.07) is 7.71. The first kappa shape index (κ1) is 14.9. The number of anilines is 1. The minimum atomic E-state index is -0.116. The molecule has 0 bridgehead atoms. The Bertz CT molecular complexity index is 410. The van der Waals surface area contributed by atoms with Crippen molar-refractivity contribution in [2.75, 3.05) is 31.5 Å².